The van der Waals surface area contributed by atoms with Crippen LogP contribution in [0, 0.1) is 46.3 Å². The summed E-state index contributed by atoms with van der Waals surface area (Å²) in [5, 5.41) is 10.2. The molecule has 3 fully saturated rings. The highest BCUT2D eigenvalue weighted by atomic mass is 31.2. The highest BCUT2D eigenvalue weighted by molar-refractivity contribution is 7.45. The molecule has 4 aliphatic rings. The largest absolute Gasteiger partial charge is 0.756 e. The maximum Gasteiger partial charge on any atom is 0.306 e. The van der Waals surface area contributed by atoms with E-state index in [2.05, 4.69) is 54.5 Å². The first-order valence-corrected chi connectivity index (χ1v) is 36.8. The Morgan fingerprint density at radius 3 is 1.60 bits per heavy atom. The van der Waals surface area contributed by atoms with Gasteiger partial charge in [0.15, 0.2) is 6.10 Å². The minimum Gasteiger partial charge on any atom is -0.756 e. The third-order valence-corrected chi connectivity index (χ3v) is 21.4. The number of aliphatic hydroxyl groups excluding tert-OH is 1. The second kappa shape index (κ2) is 42.6. The maximum atomic E-state index is 12.7. The van der Waals surface area contributed by atoms with Crippen molar-refractivity contribution in [1.29, 1.82) is 0 Å². The van der Waals surface area contributed by atoms with Crippen molar-refractivity contribution in [3.8, 4) is 0 Å². The number of esters is 2. The lowest BCUT2D eigenvalue weighted by Gasteiger charge is -2.58. The molecular weight excluding hydrogens is 1040 g/mol. The van der Waals surface area contributed by atoms with Gasteiger partial charge in [0.1, 0.15) is 19.8 Å². The fourth-order valence-electron chi connectivity index (χ4n) is 15.2. The summed E-state index contributed by atoms with van der Waals surface area (Å²) in [6, 6.07) is 0. The molecule has 0 aromatic heterocycles. The van der Waals surface area contributed by atoms with Gasteiger partial charge in [0.05, 0.1) is 33.9 Å². The van der Waals surface area contributed by atoms with E-state index in [-0.39, 0.29) is 38.1 Å². The molecule has 10 nitrogen and oxygen atoms in total. The Morgan fingerprint density at radius 1 is 0.622 bits per heavy atom. The quantitative estimate of drug-likeness (QED) is 0.0208. The molecule has 10 atom stereocenters. The van der Waals surface area contributed by atoms with Gasteiger partial charge in [-0.1, -0.05) is 259 Å². The number of aliphatic hydroxyl groups is 1. The van der Waals surface area contributed by atoms with E-state index in [1.807, 2.05) is 21.1 Å². The number of carbonyl (C=O) groups excluding carboxylic acids is 2. The average molecular weight is 1180 g/mol. The summed E-state index contributed by atoms with van der Waals surface area (Å²) in [5.41, 5.74) is 2.60. The molecule has 4 aliphatic carbocycles. The second-order valence-corrected chi connectivity index (χ2v) is 30.4. The molecule has 4 rings (SSSR count). The van der Waals surface area contributed by atoms with Gasteiger partial charge in [-0.15, -0.1) is 0 Å². The van der Waals surface area contributed by atoms with Crippen LogP contribution in [-0.2, 0) is 32.7 Å². The van der Waals surface area contributed by atoms with E-state index >= 15 is 0 Å². The van der Waals surface area contributed by atoms with Crippen LogP contribution in [0.15, 0.2) is 11.6 Å². The lowest BCUT2D eigenvalue weighted by atomic mass is 9.47. The molecule has 0 radical (unpaired) electrons. The smallest absolute Gasteiger partial charge is 0.306 e. The first-order valence-electron chi connectivity index (χ1n) is 35.4. The monoisotopic (exact) mass is 1180 g/mol. The molecule has 0 aromatic carbocycles. The number of phosphoric acid groups is 1. The molecular formula is C71H134NO9P. The number of unbranched alkanes of at least 4 members (excludes halogenated alkanes) is 28. The molecule has 11 heteroatoms. The van der Waals surface area contributed by atoms with Crippen molar-refractivity contribution in [1.82, 2.24) is 0 Å². The number of carbonyl (C=O) groups is 2. The fourth-order valence-corrected chi connectivity index (χ4v) is 15.9. The minimum atomic E-state index is -4.62. The molecule has 0 bridgehead atoms. The molecule has 0 aliphatic heterocycles. The number of fused-ring (bicyclic) bond motifs is 5. The summed E-state index contributed by atoms with van der Waals surface area (Å²) in [6.45, 7) is 16.8. The fraction of sp³-hybridized carbons (Fsp3) is 0.944. The minimum absolute atomic E-state index is 0.0256. The van der Waals surface area contributed by atoms with Crippen LogP contribution >= 0.6 is 7.82 Å². The van der Waals surface area contributed by atoms with Gasteiger partial charge >= 0.3 is 11.9 Å². The number of hydrogen-bond donors (Lipinski definition) is 1. The van der Waals surface area contributed by atoms with Crippen LogP contribution in [0.1, 0.15) is 325 Å². The van der Waals surface area contributed by atoms with E-state index in [4.69, 9.17) is 18.5 Å². The van der Waals surface area contributed by atoms with Crippen molar-refractivity contribution in [3.63, 3.8) is 0 Å². The van der Waals surface area contributed by atoms with Crippen molar-refractivity contribution in [2.75, 3.05) is 47.5 Å². The van der Waals surface area contributed by atoms with Gasteiger partial charge in [-0.05, 0) is 111 Å². The van der Waals surface area contributed by atoms with Crippen LogP contribution in [-0.4, -0.2) is 81.2 Å². The zero-order valence-electron chi connectivity index (χ0n) is 55.5. The third-order valence-electron chi connectivity index (χ3n) is 20.4. The van der Waals surface area contributed by atoms with Gasteiger partial charge in [-0.25, -0.2) is 0 Å². The predicted molar refractivity (Wildman–Crippen MR) is 341 cm³/mol. The van der Waals surface area contributed by atoms with Gasteiger partial charge < -0.3 is 33.0 Å². The van der Waals surface area contributed by atoms with Crippen molar-refractivity contribution in [3.05, 3.63) is 11.6 Å². The van der Waals surface area contributed by atoms with Crippen LogP contribution in [0.4, 0.5) is 0 Å². The first-order chi connectivity index (χ1) is 39.2. The standard InChI is InChI=1S/C44H88NO8P.C27H46O/c1-6-8-10-12-14-16-18-20-22-24-26-28-30-32-34-36-43(46)50-40-42(41-52-54(48,49)51-39-38-45(3,4)5)53-44(47)37-35-33-31-29-27-25-23-21-19-17-15-13-11-9-7-2;1-18(2)7-6-8-19(3)23-11-12-24-22-10-9-20-17-21(28)13-15-26(20,4)25(22)14-16-27(23,24)5/h42H,6-41H2,1-5H3;9,18-19,21-25,28H,6-8,10-17H2,1-5H3/t42-;19-,21+,22+,23-,24+,25+,26+,27-/m11/s1. The van der Waals surface area contributed by atoms with E-state index in [0.29, 0.717) is 28.3 Å². The van der Waals surface area contributed by atoms with Gasteiger partial charge in [0, 0.05) is 12.8 Å². The van der Waals surface area contributed by atoms with Gasteiger partial charge in [-0.3, -0.25) is 14.2 Å². The predicted octanol–water partition coefficient (Wildman–Crippen LogP) is 19.6. The van der Waals surface area contributed by atoms with Crippen LogP contribution in [0.2, 0.25) is 0 Å². The van der Waals surface area contributed by atoms with Crippen LogP contribution in [0.25, 0.3) is 0 Å². The second-order valence-electron chi connectivity index (χ2n) is 29.0. The summed E-state index contributed by atoms with van der Waals surface area (Å²) >= 11 is 0. The Hall–Kier alpha value is -1.29. The molecule has 0 heterocycles. The Labute approximate surface area is 506 Å². The van der Waals surface area contributed by atoms with Crippen molar-refractivity contribution in [2.24, 2.45) is 46.3 Å². The lowest BCUT2D eigenvalue weighted by molar-refractivity contribution is -0.870. The number of hydrogen-bond acceptors (Lipinski definition) is 9. The van der Waals surface area contributed by atoms with Crippen LogP contribution in [0.5, 0.6) is 0 Å². The number of nitrogens with zero attached hydrogens (tertiary/aromatic N) is 1. The van der Waals surface area contributed by atoms with Gasteiger partial charge in [0.2, 0.25) is 0 Å². The Morgan fingerprint density at radius 2 is 1.11 bits per heavy atom. The van der Waals surface area contributed by atoms with Crippen molar-refractivity contribution < 1.29 is 47.2 Å². The van der Waals surface area contributed by atoms with Gasteiger partial charge in [-0.2, -0.15) is 0 Å². The van der Waals surface area contributed by atoms with E-state index in [0.717, 1.165) is 80.5 Å². The molecule has 1 N–H and O–H groups in total. The number of likely N-dealkylation sites (N-methyl/N-ethyl adjacent to an activating group) is 1. The molecule has 0 spiro atoms. The number of allylic oxidation sites excluding steroid dienone is 1. The number of ether oxygens (including phenoxy) is 2. The molecule has 0 amide bonds. The maximum absolute atomic E-state index is 12.7. The Bertz CT molecular complexity index is 1730. The molecule has 82 heavy (non-hydrogen) atoms. The van der Waals surface area contributed by atoms with E-state index in [9.17, 15) is 24.2 Å². The summed E-state index contributed by atoms with van der Waals surface area (Å²) in [4.78, 5) is 37.5. The van der Waals surface area contributed by atoms with E-state index in [1.165, 1.54) is 212 Å². The molecule has 3 saturated carbocycles. The Balaban J connectivity index is 0.000000518. The van der Waals surface area contributed by atoms with E-state index < -0.39 is 26.5 Å². The number of quaternary nitrogens is 1. The molecule has 1 unspecified atom stereocenters. The van der Waals surface area contributed by atoms with Crippen LogP contribution in [0.3, 0.4) is 0 Å². The molecule has 0 aromatic rings. The normalized spacial score (nSPS) is 24.8. The average Bonchev–Trinajstić information content (AvgIpc) is 3.75. The SMILES string of the molecule is CC(C)CCC[C@@H](C)[C@H]1CC[C@H]2[C@@H]3CC=C4C[C@@H](O)CC[C@]4(C)[C@H]3CC[C@]12C.CCCCCCCCCCCCCCCCCC(=O)OC[C@H](COP(=O)([O-])OCC[N+](C)(C)C)OC(=O)CCCCCCCCCCCCCCCCC. The molecule has 482 valence electrons. The third kappa shape index (κ3) is 31.1. The highest BCUT2D eigenvalue weighted by Crippen LogP contribution is 2.67. The van der Waals surface area contributed by atoms with E-state index in [1.54, 1.807) is 5.57 Å². The summed E-state index contributed by atoms with van der Waals surface area (Å²) in [6.07, 6.45) is 54.1. The van der Waals surface area contributed by atoms with Crippen molar-refractivity contribution >= 4 is 19.8 Å². The first kappa shape index (κ1) is 75.0. The summed E-state index contributed by atoms with van der Waals surface area (Å²) in [7, 11) is 1.18. The topological polar surface area (TPSA) is 131 Å². The van der Waals surface area contributed by atoms with Crippen molar-refractivity contribution in [2.45, 2.75) is 337 Å². The number of phosphoric ester groups is 1. The zero-order chi connectivity index (χ0) is 60.1. The highest BCUT2D eigenvalue weighted by Gasteiger charge is 2.59. The number of rotatable bonds is 47. The Kier molecular flexibility index (Phi) is 38.9. The van der Waals surface area contributed by atoms with Crippen LogP contribution < -0.4 is 4.89 Å². The zero-order valence-corrected chi connectivity index (χ0v) is 56.4. The van der Waals surface area contributed by atoms with Gasteiger partial charge in [0.25, 0.3) is 7.82 Å². The molecule has 0 saturated heterocycles. The lowest BCUT2D eigenvalue weighted by Crippen LogP contribution is -2.50. The summed E-state index contributed by atoms with van der Waals surface area (Å²) in [5.74, 6) is 4.64. The summed E-state index contributed by atoms with van der Waals surface area (Å²) < 4.78 is 33.9.